The van der Waals surface area contributed by atoms with Gasteiger partial charge in [0.05, 0.1) is 23.8 Å². The molecule has 0 fully saturated rings. The first-order valence-corrected chi connectivity index (χ1v) is 12.7. The van der Waals surface area contributed by atoms with E-state index in [1.54, 1.807) is 54.6 Å². The van der Waals surface area contributed by atoms with Crippen LogP contribution in [-0.2, 0) is 21.2 Å². The zero-order chi connectivity index (χ0) is 24.6. The largest absolute Gasteiger partial charge is 0.490 e. The van der Waals surface area contributed by atoms with Gasteiger partial charge in [-0.25, -0.2) is 8.42 Å². The molecule has 0 N–H and O–H groups in total. The van der Waals surface area contributed by atoms with Crippen molar-refractivity contribution in [3.63, 3.8) is 0 Å². The van der Waals surface area contributed by atoms with E-state index in [-0.39, 0.29) is 10.6 Å². The van der Waals surface area contributed by atoms with Crippen LogP contribution in [0, 0.1) is 0 Å². The van der Waals surface area contributed by atoms with Crippen LogP contribution in [0.25, 0.3) is 6.08 Å². The van der Waals surface area contributed by atoms with Crippen LogP contribution in [0.3, 0.4) is 0 Å². The Labute approximate surface area is 201 Å². The van der Waals surface area contributed by atoms with Crippen molar-refractivity contribution >= 4 is 27.7 Å². The molecule has 0 aromatic heterocycles. The Balaban J connectivity index is 1.99. The molecule has 0 atom stereocenters. The van der Waals surface area contributed by atoms with Crippen LogP contribution in [-0.4, -0.2) is 27.5 Å². The number of carbonyl (C=O) groups excluding carboxylic acids is 1. The van der Waals surface area contributed by atoms with E-state index < -0.39 is 15.9 Å². The van der Waals surface area contributed by atoms with Crippen LogP contribution in [0.2, 0.25) is 0 Å². The lowest BCUT2D eigenvalue weighted by Gasteiger charge is -2.21. The molecule has 0 radical (unpaired) electrons. The molecule has 0 saturated heterocycles. The van der Waals surface area contributed by atoms with E-state index >= 15 is 0 Å². The van der Waals surface area contributed by atoms with Gasteiger partial charge in [0, 0.05) is 6.08 Å². The van der Waals surface area contributed by atoms with Crippen molar-refractivity contribution in [2.75, 3.05) is 17.5 Å². The van der Waals surface area contributed by atoms with Crippen LogP contribution in [0.4, 0.5) is 5.69 Å². The molecule has 178 valence electrons. The summed E-state index contributed by atoms with van der Waals surface area (Å²) in [5.74, 6) is 0.486. The summed E-state index contributed by atoms with van der Waals surface area (Å²) in [6.45, 7) is 6.73. The fourth-order valence-corrected chi connectivity index (χ4v) is 4.76. The van der Waals surface area contributed by atoms with E-state index in [9.17, 15) is 13.2 Å². The first kappa shape index (κ1) is 25.1. The zero-order valence-corrected chi connectivity index (χ0v) is 20.4. The number of amides is 1. The quantitative estimate of drug-likeness (QED) is 0.360. The summed E-state index contributed by atoms with van der Waals surface area (Å²) in [6.07, 6.45) is 3.62. The molecular formula is C27H29NO5S. The molecule has 3 aromatic carbocycles. The van der Waals surface area contributed by atoms with Gasteiger partial charge in [0.1, 0.15) is 0 Å². The van der Waals surface area contributed by atoms with Crippen molar-refractivity contribution in [3.8, 4) is 11.5 Å². The molecule has 0 saturated carbocycles. The predicted molar refractivity (Wildman–Crippen MR) is 135 cm³/mol. The number of carbonyl (C=O) groups is 1. The lowest BCUT2D eigenvalue weighted by atomic mass is 10.1. The highest BCUT2D eigenvalue weighted by Gasteiger charge is 2.29. The number of aryl methyl sites for hydroxylation is 1. The molecule has 0 aliphatic carbocycles. The van der Waals surface area contributed by atoms with Gasteiger partial charge < -0.3 is 9.47 Å². The molecule has 0 heterocycles. The Hall–Kier alpha value is -3.58. The Bertz CT molecular complexity index is 1240. The summed E-state index contributed by atoms with van der Waals surface area (Å²) in [5, 5.41) is 0. The van der Waals surface area contributed by atoms with Gasteiger partial charge in [-0.1, -0.05) is 43.3 Å². The van der Waals surface area contributed by atoms with Crippen molar-refractivity contribution in [2.24, 2.45) is 0 Å². The second kappa shape index (κ2) is 11.5. The molecule has 0 aliphatic rings. The Morgan fingerprint density at radius 1 is 0.853 bits per heavy atom. The lowest BCUT2D eigenvalue weighted by Crippen LogP contribution is -2.35. The van der Waals surface area contributed by atoms with Crippen LogP contribution >= 0.6 is 0 Å². The topological polar surface area (TPSA) is 72.9 Å². The van der Waals surface area contributed by atoms with Gasteiger partial charge in [-0.05, 0) is 73.9 Å². The van der Waals surface area contributed by atoms with Gasteiger partial charge in [0.15, 0.2) is 11.5 Å². The van der Waals surface area contributed by atoms with E-state index in [2.05, 4.69) is 0 Å². The van der Waals surface area contributed by atoms with Gasteiger partial charge in [-0.3, -0.25) is 4.79 Å². The monoisotopic (exact) mass is 479 g/mol. The third-order valence-corrected chi connectivity index (χ3v) is 6.79. The minimum atomic E-state index is -4.12. The summed E-state index contributed by atoms with van der Waals surface area (Å²) >= 11 is 0. The van der Waals surface area contributed by atoms with E-state index in [0.29, 0.717) is 30.3 Å². The fraction of sp³-hybridized carbons (Fsp3) is 0.222. The van der Waals surface area contributed by atoms with Gasteiger partial charge >= 0.3 is 0 Å². The molecule has 3 rings (SSSR count). The predicted octanol–water partition coefficient (Wildman–Crippen LogP) is 5.48. The summed E-state index contributed by atoms with van der Waals surface area (Å²) in [7, 11) is -4.12. The number of sulfonamides is 1. The molecule has 0 aliphatic heterocycles. The molecule has 0 bridgehead atoms. The number of hydrogen-bond donors (Lipinski definition) is 0. The number of benzene rings is 3. The highest BCUT2D eigenvalue weighted by atomic mass is 32.2. The molecule has 6 nitrogen and oxygen atoms in total. The van der Waals surface area contributed by atoms with Gasteiger partial charge in [0.2, 0.25) is 0 Å². The maximum atomic E-state index is 13.4. The third kappa shape index (κ3) is 5.85. The average Bonchev–Trinajstić information content (AvgIpc) is 2.85. The van der Waals surface area contributed by atoms with E-state index in [0.717, 1.165) is 16.3 Å². The minimum absolute atomic E-state index is 0.0380. The summed E-state index contributed by atoms with van der Waals surface area (Å²) in [6, 6.07) is 20.2. The van der Waals surface area contributed by atoms with Crippen LogP contribution in [0.15, 0.2) is 83.8 Å². The summed E-state index contributed by atoms with van der Waals surface area (Å²) in [5.41, 5.74) is 2.00. The molecule has 7 heteroatoms. The highest BCUT2D eigenvalue weighted by Crippen LogP contribution is 2.29. The highest BCUT2D eigenvalue weighted by molar-refractivity contribution is 7.93. The molecule has 1 amide bonds. The number of ether oxygens (including phenoxy) is 2. The first-order chi connectivity index (χ1) is 16.4. The molecular weight excluding hydrogens is 450 g/mol. The SMILES string of the molecule is CCOc1ccc(/C=C/C(=O)N(c2ccc(CC)cc2)S(=O)(=O)c2ccccc2)cc1OCC. The zero-order valence-electron chi connectivity index (χ0n) is 19.6. The molecule has 0 spiro atoms. The fourth-order valence-electron chi connectivity index (χ4n) is 3.36. The number of rotatable bonds is 10. The Kier molecular flexibility index (Phi) is 8.49. The minimum Gasteiger partial charge on any atom is -0.490 e. The van der Waals surface area contributed by atoms with E-state index in [1.165, 1.54) is 18.2 Å². The molecule has 0 unspecified atom stereocenters. The average molecular weight is 480 g/mol. The number of hydrogen-bond acceptors (Lipinski definition) is 5. The maximum absolute atomic E-state index is 13.4. The van der Waals surface area contributed by atoms with E-state index in [1.807, 2.05) is 32.9 Å². The normalized spacial score (nSPS) is 11.4. The van der Waals surface area contributed by atoms with Crippen LogP contribution in [0.5, 0.6) is 11.5 Å². The van der Waals surface area contributed by atoms with Crippen molar-refractivity contribution in [1.29, 1.82) is 0 Å². The standard InChI is InChI=1S/C27H29NO5S/c1-4-21-12-16-23(17-13-21)28(34(30,31)24-10-8-7-9-11-24)27(29)19-15-22-14-18-25(32-5-2)26(20-22)33-6-3/h7-20H,4-6H2,1-3H3/b19-15+. The number of nitrogens with zero attached hydrogens (tertiary/aromatic N) is 1. The van der Waals surface area contributed by atoms with Gasteiger partial charge in [-0.15, -0.1) is 0 Å². The maximum Gasteiger partial charge on any atom is 0.271 e. The van der Waals surface area contributed by atoms with Crippen molar-refractivity contribution < 1.29 is 22.7 Å². The summed E-state index contributed by atoms with van der Waals surface area (Å²) < 4.78 is 38.9. The second-order valence-corrected chi connectivity index (χ2v) is 9.13. The van der Waals surface area contributed by atoms with Gasteiger partial charge in [-0.2, -0.15) is 4.31 Å². The molecule has 3 aromatic rings. The third-order valence-electron chi connectivity index (χ3n) is 5.05. The van der Waals surface area contributed by atoms with Crippen molar-refractivity contribution in [1.82, 2.24) is 0 Å². The second-order valence-electron chi connectivity index (χ2n) is 7.35. The lowest BCUT2D eigenvalue weighted by molar-refractivity contribution is -0.113. The van der Waals surface area contributed by atoms with Crippen molar-refractivity contribution in [3.05, 3.63) is 90.0 Å². The number of anilines is 1. The Morgan fingerprint density at radius 3 is 2.12 bits per heavy atom. The van der Waals surface area contributed by atoms with E-state index in [4.69, 9.17) is 9.47 Å². The smallest absolute Gasteiger partial charge is 0.271 e. The summed E-state index contributed by atoms with van der Waals surface area (Å²) in [4.78, 5) is 13.3. The van der Waals surface area contributed by atoms with Crippen LogP contribution in [0.1, 0.15) is 31.9 Å². The molecule has 34 heavy (non-hydrogen) atoms. The van der Waals surface area contributed by atoms with Gasteiger partial charge in [0.25, 0.3) is 15.9 Å². The first-order valence-electron chi connectivity index (χ1n) is 11.2. The van der Waals surface area contributed by atoms with Crippen molar-refractivity contribution in [2.45, 2.75) is 32.1 Å². The Morgan fingerprint density at radius 2 is 1.50 bits per heavy atom. The van der Waals surface area contributed by atoms with Crippen LogP contribution < -0.4 is 13.8 Å².